The van der Waals surface area contributed by atoms with Gasteiger partial charge in [-0.3, -0.25) is 0 Å². The first kappa shape index (κ1) is 15.5. The van der Waals surface area contributed by atoms with E-state index in [-0.39, 0.29) is 11.5 Å². The predicted molar refractivity (Wildman–Crippen MR) is 76.6 cm³/mol. The Morgan fingerprint density at radius 1 is 1.00 bits per heavy atom. The number of anilines is 1. The summed E-state index contributed by atoms with van der Waals surface area (Å²) in [6.45, 7) is 0. The van der Waals surface area contributed by atoms with Crippen molar-refractivity contribution in [2.24, 2.45) is 0 Å². The van der Waals surface area contributed by atoms with E-state index >= 15 is 0 Å². The molecule has 0 aliphatic rings. The maximum absolute atomic E-state index is 13.0. The molecule has 0 aromatic heterocycles. The minimum atomic E-state index is -4.54. The first-order valence-electron chi connectivity index (χ1n) is 5.79. The van der Waals surface area contributed by atoms with Crippen LogP contribution in [0.15, 0.2) is 40.9 Å². The molecule has 0 heterocycles. The monoisotopic (exact) mass is 361 g/mol. The zero-order chi connectivity index (χ0) is 15.6. The maximum atomic E-state index is 13.0. The number of ether oxygens (including phenoxy) is 2. The Morgan fingerprint density at radius 2 is 1.67 bits per heavy atom. The van der Waals surface area contributed by atoms with Gasteiger partial charge in [0.25, 0.3) is 0 Å². The van der Waals surface area contributed by atoms with Gasteiger partial charge in [-0.15, -0.1) is 0 Å². The molecule has 0 spiro atoms. The van der Waals surface area contributed by atoms with Crippen molar-refractivity contribution in [2.45, 2.75) is 6.18 Å². The number of benzene rings is 2. The van der Waals surface area contributed by atoms with Crippen LogP contribution < -0.4 is 15.2 Å². The highest BCUT2D eigenvalue weighted by Gasteiger charge is 2.35. The van der Waals surface area contributed by atoms with Gasteiger partial charge >= 0.3 is 6.18 Å². The number of halogens is 4. The summed E-state index contributed by atoms with van der Waals surface area (Å²) >= 11 is 3.01. The fraction of sp³-hybridized carbons (Fsp3) is 0.143. The first-order valence-corrected chi connectivity index (χ1v) is 6.58. The fourth-order valence-electron chi connectivity index (χ4n) is 1.70. The molecule has 0 radical (unpaired) electrons. The minimum Gasteiger partial charge on any atom is -0.493 e. The van der Waals surface area contributed by atoms with Crippen LogP contribution in [0.5, 0.6) is 17.2 Å². The smallest absolute Gasteiger partial charge is 0.420 e. The Balaban J connectivity index is 2.47. The summed E-state index contributed by atoms with van der Waals surface area (Å²) in [4.78, 5) is 0. The van der Waals surface area contributed by atoms with Gasteiger partial charge < -0.3 is 15.2 Å². The van der Waals surface area contributed by atoms with Crippen molar-refractivity contribution in [1.29, 1.82) is 0 Å². The van der Waals surface area contributed by atoms with E-state index in [2.05, 4.69) is 15.9 Å². The molecule has 0 fully saturated rings. The zero-order valence-electron chi connectivity index (χ0n) is 10.9. The fourth-order valence-corrected chi connectivity index (χ4v) is 2.07. The minimum absolute atomic E-state index is 0.116. The molecule has 0 aliphatic carbocycles. The topological polar surface area (TPSA) is 44.5 Å². The summed E-state index contributed by atoms with van der Waals surface area (Å²) in [5.41, 5.74) is 5.09. The van der Waals surface area contributed by atoms with E-state index in [1.807, 2.05) is 0 Å². The summed E-state index contributed by atoms with van der Waals surface area (Å²) < 4.78 is 49.8. The quantitative estimate of drug-likeness (QED) is 0.794. The van der Waals surface area contributed by atoms with Crippen molar-refractivity contribution < 1.29 is 22.6 Å². The van der Waals surface area contributed by atoms with E-state index in [4.69, 9.17) is 15.2 Å². The largest absolute Gasteiger partial charge is 0.493 e. The highest BCUT2D eigenvalue weighted by atomic mass is 79.9. The number of nitrogens with two attached hydrogens (primary N) is 1. The van der Waals surface area contributed by atoms with E-state index < -0.39 is 11.7 Å². The normalized spacial score (nSPS) is 11.3. The molecule has 7 heteroatoms. The van der Waals surface area contributed by atoms with Crippen molar-refractivity contribution in [2.75, 3.05) is 12.8 Å². The first-order chi connectivity index (χ1) is 9.81. The van der Waals surface area contributed by atoms with Gasteiger partial charge in [0, 0.05) is 16.2 Å². The summed E-state index contributed by atoms with van der Waals surface area (Å²) in [6.07, 6.45) is -4.54. The van der Waals surface area contributed by atoms with Crippen molar-refractivity contribution >= 4 is 21.6 Å². The van der Waals surface area contributed by atoms with E-state index in [1.54, 1.807) is 6.07 Å². The molecule has 3 nitrogen and oxygen atoms in total. The number of hydrogen-bond acceptors (Lipinski definition) is 3. The zero-order valence-corrected chi connectivity index (χ0v) is 12.5. The third-order valence-electron chi connectivity index (χ3n) is 2.65. The average Bonchev–Trinajstić information content (AvgIpc) is 2.40. The van der Waals surface area contributed by atoms with Crippen LogP contribution in [-0.4, -0.2) is 7.11 Å². The van der Waals surface area contributed by atoms with Crippen LogP contribution in [0.1, 0.15) is 5.56 Å². The van der Waals surface area contributed by atoms with Gasteiger partial charge in [-0.2, -0.15) is 13.2 Å². The van der Waals surface area contributed by atoms with Gasteiger partial charge in [0.05, 0.1) is 12.7 Å². The standard InChI is InChI=1S/C14H11BrF3NO2/c1-20-12-5-3-9(19)7-13(12)21-11-4-2-8(15)6-10(11)14(16,17)18/h2-7H,19H2,1H3. The SMILES string of the molecule is COc1ccc(N)cc1Oc1ccc(Br)cc1C(F)(F)F. The Bertz CT molecular complexity index is 659. The van der Waals surface area contributed by atoms with Gasteiger partial charge in [-0.25, -0.2) is 0 Å². The number of alkyl halides is 3. The summed E-state index contributed by atoms with van der Waals surface area (Å²) in [7, 11) is 1.39. The van der Waals surface area contributed by atoms with E-state index in [9.17, 15) is 13.2 Å². The lowest BCUT2D eigenvalue weighted by Gasteiger charge is -2.16. The van der Waals surface area contributed by atoms with E-state index in [1.165, 1.54) is 31.4 Å². The van der Waals surface area contributed by atoms with Crippen molar-refractivity contribution in [3.63, 3.8) is 0 Å². The third kappa shape index (κ3) is 3.60. The molecule has 2 aromatic carbocycles. The number of nitrogen functional groups attached to an aromatic ring is 1. The maximum Gasteiger partial charge on any atom is 0.420 e. The highest BCUT2D eigenvalue weighted by Crippen LogP contribution is 2.41. The third-order valence-corrected chi connectivity index (χ3v) is 3.15. The molecule has 2 N–H and O–H groups in total. The van der Waals surface area contributed by atoms with Crippen LogP contribution >= 0.6 is 15.9 Å². The van der Waals surface area contributed by atoms with Gasteiger partial charge in [0.1, 0.15) is 5.75 Å². The Hall–Kier alpha value is -1.89. The summed E-state index contributed by atoms with van der Waals surface area (Å²) in [6, 6.07) is 8.14. The molecule has 0 bridgehead atoms. The number of methoxy groups -OCH3 is 1. The summed E-state index contributed by atoms with van der Waals surface area (Å²) in [5, 5.41) is 0. The molecule has 0 saturated heterocycles. The highest BCUT2D eigenvalue weighted by molar-refractivity contribution is 9.10. The Morgan fingerprint density at radius 3 is 2.29 bits per heavy atom. The van der Waals surface area contributed by atoms with Crippen molar-refractivity contribution in [3.8, 4) is 17.2 Å². The van der Waals surface area contributed by atoms with Gasteiger partial charge in [0.2, 0.25) is 0 Å². The molecule has 0 aliphatic heterocycles. The summed E-state index contributed by atoms with van der Waals surface area (Å²) in [5.74, 6) is 0.0835. The second-order valence-electron chi connectivity index (χ2n) is 4.15. The van der Waals surface area contributed by atoms with Gasteiger partial charge in [-0.1, -0.05) is 15.9 Å². The Labute approximate surface area is 127 Å². The lowest BCUT2D eigenvalue weighted by molar-refractivity contribution is -0.138. The van der Waals surface area contributed by atoms with E-state index in [0.29, 0.717) is 15.9 Å². The number of hydrogen-bond donors (Lipinski definition) is 1. The second-order valence-corrected chi connectivity index (χ2v) is 5.07. The lowest BCUT2D eigenvalue weighted by Crippen LogP contribution is -2.07. The average molecular weight is 362 g/mol. The molecular weight excluding hydrogens is 351 g/mol. The van der Waals surface area contributed by atoms with Gasteiger partial charge in [0.15, 0.2) is 11.5 Å². The van der Waals surface area contributed by atoms with Crippen LogP contribution in [0.3, 0.4) is 0 Å². The van der Waals surface area contributed by atoms with E-state index in [0.717, 1.165) is 6.07 Å². The van der Waals surface area contributed by atoms with Crippen LogP contribution in [0, 0.1) is 0 Å². The number of rotatable bonds is 3. The van der Waals surface area contributed by atoms with Crippen molar-refractivity contribution in [1.82, 2.24) is 0 Å². The lowest BCUT2D eigenvalue weighted by atomic mass is 10.2. The molecule has 0 amide bonds. The molecular formula is C14H11BrF3NO2. The molecule has 21 heavy (non-hydrogen) atoms. The molecule has 0 saturated carbocycles. The second kappa shape index (κ2) is 5.85. The van der Waals surface area contributed by atoms with Crippen molar-refractivity contribution in [3.05, 3.63) is 46.4 Å². The molecule has 112 valence electrons. The van der Waals surface area contributed by atoms with Crippen LogP contribution in [0.2, 0.25) is 0 Å². The molecule has 0 atom stereocenters. The van der Waals surface area contributed by atoms with Crippen LogP contribution in [-0.2, 0) is 6.18 Å². The van der Waals surface area contributed by atoms with Crippen LogP contribution in [0.25, 0.3) is 0 Å². The molecule has 0 unspecified atom stereocenters. The van der Waals surface area contributed by atoms with Crippen LogP contribution in [0.4, 0.5) is 18.9 Å². The molecule has 2 rings (SSSR count). The van der Waals surface area contributed by atoms with Gasteiger partial charge in [-0.05, 0) is 30.3 Å². The molecule has 2 aromatic rings. The predicted octanol–water partition coefficient (Wildman–Crippen LogP) is 4.85. The Kier molecular flexibility index (Phi) is 4.32.